The average Bonchev–Trinajstić information content (AvgIpc) is 2.09. The van der Waals surface area contributed by atoms with Gasteiger partial charge in [-0.15, -0.1) is 0 Å². The summed E-state index contributed by atoms with van der Waals surface area (Å²) in [7, 11) is 0. The molecule has 2 heteroatoms. The van der Waals surface area contributed by atoms with Gasteiger partial charge in [-0.25, -0.2) is 0 Å². The predicted molar refractivity (Wildman–Crippen MR) is 59.9 cm³/mol. The fourth-order valence-corrected chi connectivity index (χ4v) is 4.12. The Bertz CT molecular complexity index is 221. The second-order valence-corrected chi connectivity index (χ2v) is 6.06. The fraction of sp³-hybridized carbons (Fsp3) is 0.800. The number of hydrogen-bond acceptors (Lipinski definition) is 2. The van der Waals surface area contributed by atoms with Crippen LogP contribution < -0.4 is 0 Å². The van der Waals surface area contributed by atoms with Crippen molar-refractivity contribution in [2.45, 2.75) is 39.5 Å². The molecule has 0 heterocycles. The van der Waals surface area contributed by atoms with E-state index in [1.165, 1.54) is 9.73 Å². The van der Waals surface area contributed by atoms with E-state index in [1.807, 2.05) is 0 Å². The maximum atomic E-state index is 5.31. The third kappa shape index (κ3) is 1.01. The van der Waals surface area contributed by atoms with Crippen LogP contribution in [0.2, 0.25) is 0 Å². The molecule has 0 nitrogen and oxygen atoms in total. The monoisotopic (exact) mass is 198 g/mol. The molecule has 2 fully saturated rings. The summed E-state index contributed by atoms with van der Waals surface area (Å²) >= 11 is 10.6. The zero-order chi connectivity index (χ0) is 8.98. The van der Waals surface area contributed by atoms with Crippen molar-refractivity contribution in [3.8, 4) is 0 Å². The molecule has 0 aromatic rings. The Morgan fingerprint density at radius 2 is 1.08 bits per heavy atom. The molecule has 0 aromatic heterocycles. The molecule has 0 atom stereocenters. The number of rotatable bonds is 0. The Labute approximate surface area is 84.7 Å². The fourth-order valence-electron chi connectivity index (χ4n) is 2.84. The van der Waals surface area contributed by atoms with Crippen molar-refractivity contribution >= 4 is 34.2 Å². The third-order valence-corrected chi connectivity index (χ3v) is 4.38. The molecular formula is C10H14S2. The largest absolute Gasteiger partial charge is 0.0896 e. The van der Waals surface area contributed by atoms with Crippen LogP contribution in [0.4, 0.5) is 0 Å². The van der Waals surface area contributed by atoms with Crippen LogP contribution in [-0.2, 0) is 0 Å². The van der Waals surface area contributed by atoms with Gasteiger partial charge < -0.3 is 0 Å². The molecule has 0 bridgehead atoms. The first-order valence-corrected chi connectivity index (χ1v) is 5.30. The molecule has 0 aromatic carbocycles. The molecule has 2 aliphatic carbocycles. The van der Waals surface area contributed by atoms with Crippen LogP contribution in [0.25, 0.3) is 0 Å². The maximum Gasteiger partial charge on any atom is -0.00600 e. The van der Waals surface area contributed by atoms with E-state index >= 15 is 0 Å². The van der Waals surface area contributed by atoms with Gasteiger partial charge in [-0.1, -0.05) is 38.3 Å². The zero-order valence-corrected chi connectivity index (χ0v) is 9.28. The van der Waals surface area contributed by atoms with Gasteiger partial charge in [0.15, 0.2) is 0 Å². The van der Waals surface area contributed by atoms with Gasteiger partial charge in [0.05, 0.1) is 0 Å². The van der Waals surface area contributed by atoms with Crippen LogP contribution in [0.15, 0.2) is 0 Å². The molecule has 12 heavy (non-hydrogen) atoms. The van der Waals surface area contributed by atoms with E-state index in [-0.39, 0.29) is 0 Å². The molecular weight excluding hydrogens is 184 g/mol. The van der Waals surface area contributed by atoms with Crippen molar-refractivity contribution in [2.75, 3.05) is 0 Å². The molecule has 0 spiro atoms. The summed E-state index contributed by atoms with van der Waals surface area (Å²) in [6.07, 6.45) is 4.50. The van der Waals surface area contributed by atoms with E-state index in [1.54, 1.807) is 0 Å². The Hall–Kier alpha value is 0.180. The van der Waals surface area contributed by atoms with Crippen LogP contribution >= 0.6 is 24.4 Å². The third-order valence-electron chi connectivity index (χ3n) is 3.81. The van der Waals surface area contributed by atoms with Gasteiger partial charge in [0.25, 0.3) is 0 Å². The van der Waals surface area contributed by atoms with E-state index in [0.29, 0.717) is 10.8 Å². The molecule has 2 saturated carbocycles. The molecule has 66 valence electrons. The summed E-state index contributed by atoms with van der Waals surface area (Å²) in [5, 5.41) is 0. The Kier molecular flexibility index (Phi) is 1.72. The van der Waals surface area contributed by atoms with Crippen LogP contribution in [0.5, 0.6) is 0 Å². The molecule has 0 amide bonds. The van der Waals surface area contributed by atoms with E-state index in [0.717, 1.165) is 25.7 Å². The van der Waals surface area contributed by atoms with E-state index in [9.17, 15) is 0 Å². The smallest absolute Gasteiger partial charge is 0.00600 e. The average molecular weight is 198 g/mol. The standard InChI is InChI=1S/C10H14S2/c1-9-3-7(11)5-10(9,2)6-8(12)4-9/h3-6H2,1-2H3. The van der Waals surface area contributed by atoms with E-state index < -0.39 is 0 Å². The Morgan fingerprint density at radius 1 is 0.833 bits per heavy atom. The lowest BCUT2D eigenvalue weighted by molar-refractivity contribution is 0.157. The van der Waals surface area contributed by atoms with Crippen molar-refractivity contribution in [3.63, 3.8) is 0 Å². The molecule has 0 saturated heterocycles. The Morgan fingerprint density at radius 3 is 1.33 bits per heavy atom. The van der Waals surface area contributed by atoms with Crippen molar-refractivity contribution in [1.29, 1.82) is 0 Å². The maximum absolute atomic E-state index is 5.31. The normalized spacial score (nSPS) is 46.8. The number of hydrogen-bond donors (Lipinski definition) is 0. The van der Waals surface area contributed by atoms with Crippen molar-refractivity contribution < 1.29 is 0 Å². The van der Waals surface area contributed by atoms with Gasteiger partial charge in [-0.2, -0.15) is 0 Å². The summed E-state index contributed by atoms with van der Waals surface area (Å²) in [6, 6.07) is 0. The highest BCUT2D eigenvalue weighted by molar-refractivity contribution is 7.80. The molecule has 0 unspecified atom stereocenters. The minimum absolute atomic E-state index is 0.404. The summed E-state index contributed by atoms with van der Waals surface area (Å²) in [4.78, 5) is 2.53. The van der Waals surface area contributed by atoms with E-state index in [4.69, 9.17) is 24.4 Å². The highest BCUT2D eigenvalue weighted by Crippen LogP contribution is 2.60. The van der Waals surface area contributed by atoms with Gasteiger partial charge in [-0.05, 0) is 46.2 Å². The lowest BCUT2D eigenvalue weighted by atomic mass is 9.71. The van der Waals surface area contributed by atoms with Crippen LogP contribution in [-0.4, -0.2) is 9.73 Å². The first-order chi connectivity index (χ1) is 5.45. The van der Waals surface area contributed by atoms with Gasteiger partial charge >= 0.3 is 0 Å². The molecule has 0 aliphatic heterocycles. The molecule has 0 N–H and O–H groups in total. The Balaban J connectivity index is 2.38. The lowest BCUT2D eigenvalue weighted by Gasteiger charge is -2.32. The van der Waals surface area contributed by atoms with Gasteiger partial charge in [-0.3, -0.25) is 0 Å². The van der Waals surface area contributed by atoms with Gasteiger partial charge in [0.2, 0.25) is 0 Å². The number of fused-ring (bicyclic) bond motifs is 1. The van der Waals surface area contributed by atoms with Crippen molar-refractivity contribution in [2.24, 2.45) is 10.8 Å². The SMILES string of the molecule is CC12CC(=S)CC1(C)CC(=S)C2. The second-order valence-electron chi connectivity index (χ2n) is 4.91. The van der Waals surface area contributed by atoms with Crippen molar-refractivity contribution in [3.05, 3.63) is 0 Å². The summed E-state index contributed by atoms with van der Waals surface area (Å²) in [5.74, 6) is 0. The highest BCUT2D eigenvalue weighted by atomic mass is 32.1. The summed E-state index contributed by atoms with van der Waals surface area (Å²) in [6.45, 7) is 4.71. The van der Waals surface area contributed by atoms with Crippen LogP contribution in [0.1, 0.15) is 39.5 Å². The first kappa shape index (κ1) is 8.76. The number of thiocarbonyl (C=S) groups is 2. The lowest BCUT2D eigenvalue weighted by Crippen LogP contribution is -2.25. The van der Waals surface area contributed by atoms with Crippen LogP contribution in [0.3, 0.4) is 0 Å². The molecule has 0 radical (unpaired) electrons. The quantitative estimate of drug-likeness (QED) is 0.548. The topological polar surface area (TPSA) is 0 Å². The summed E-state index contributed by atoms with van der Waals surface area (Å²) in [5.41, 5.74) is 0.808. The molecule has 2 aliphatic rings. The first-order valence-electron chi connectivity index (χ1n) is 4.49. The zero-order valence-electron chi connectivity index (χ0n) is 7.64. The highest BCUT2D eigenvalue weighted by Gasteiger charge is 2.55. The van der Waals surface area contributed by atoms with Crippen LogP contribution in [0, 0.1) is 10.8 Å². The van der Waals surface area contributed by atoms with E-state index in [2.05, 4.69) is 13.8 Å². The van der Waals surface area contributed by atoms with Gasteiger partial charge in [0.1, 0.15) is 0 Å². The second kappa shape index (κ2) is 2.36. The summed E-state index contributed by atoms with van der Waals surface area (Å²) < 4.78 is 0. The van der Waals surface area contributed by atoms with Crippen molar-refractivity contribution in [1.82, 2.24) is 0 Å². The molecule has 2 rings (SSSR count). The predicted octanol–water partition coefficient (Wildman–Crippen LogP) is 3.33. The van der Waals surface area contributed by atoms with Gasteiger partial charge in [0, 0.05) is 0 Å². The minimum Gasteiger partial charge on any atom is -0.0896 e. The minimum atomic E-state index is 0.404.